The second-order valence-corrected chi connectivity index (χ2v) is 4.35. The van der Waals surface area contributed by atoms with Crippen molar-refractivity contribution in [2.24, 2.45) is 5.92 Å². The quantitative estimate of drug-likeness (QED) is 0.733. The Morgan fingerprint density at radius 3 is 2.69 bits per heavy atom. The van der Waals surface area contributed by atoms with E-state index in [1.165, 1.54) is 0 Å². The Balaban J connectivity index is 2.47. The molecule has 0 aliphatic heterocycles. The van der Waals surface area contributed by atoms with Gasteiger partial charge in [-0.25, -0.2) is 0 Å². The summed E-state index contributed by atoms with van der Waals surface area (Å²) in [5.74, 6) is 0.365. The van der Waals surface area contributed by atoms with Gasteiger partial charge in [0.2, 0.25) is 0 Å². The second-order valence-electron chi connectivity index (χ2n) is 3.94. The Kier molecular flexibility index (Phi) is 1.90. The van der Waals surface area contributed by atoms with Crippen molar-refractivity contribution in [2.75, 3.05) is 0 Å². The molecule has 0 bridgehead atoms. The summed E-state index contributed by atoms with van der Waals surface area (Å²) in [5.41, 5.74) is 1.40. The van der Waals surface area contributed by atoms with Crippen LogP contribution in [-0.2, 0) is 5.60 Å². The third kappa shape index (κ3) is 1.27. The van der Waals surface area contributed by atoms with Crippen LogP contribution in [0.3, 0.4) is 0 Å². The van der Waals surface area contributed by atoms with Crippen LogP contribution in [0.4, 0.5) is 0 Å². The highest BCUT2D eigenvalue weighted by molar-refractivity contribution is 6.31. The fourth-order valence-electron chi connectivity index (χ4n) is 1.86. The van der Waals surface area contributed by atoms with Crippen molar-refractivity contribution in [2.45, 2.75) is 25.9 Å². The van der Waals surface area contributed by atoms with Crippen LogP contribution < -0.4 is 0 Å². The molecule has 0 radical (unpaired) electrons. The molecular formula is C11H13ClO. The van der Waals surface area contributed by atoms with Gasteiger partial charge in [-0.05, 0) is 36.5 Å². The third-order valence-electron chi connectivity index (χ3n) is 3.01. The maximum Gasteiger partial charge on any atom is 0.0929 e. The van der Waals surface area contributed by atoms with Crippen molar-refractivity contribution in [1.82, 2.24) is 0 Å². The number of rotatable bonds is 1. The van der Waals surface area contributed by atoms with E-state index in [1.807, 2.05) is 25.1 Å². The summed E-state index contributed by atoms with van der Waals surface area (Å²) in [6.45, 7) is 4.01. The summed E-state index contributed by atoms with van der Waals surface area (Å²) in [4.78, 5) is 0. The molecule has 1 aromatic rings. The number of benzene rings is 1. The summed E-state index contributed by atoms with van der Waals surface area (Å²) in [6, 6.07) is 5.72. The van der Waals surface area contributed by atoms with Gasteiger partial charge in [0.25, 0.3) is 0 Å². The fraction of sp³-hybridized carbons (Fsp3) is 0.455. The number of hydrogen-bond acceptors (Lipinski definition) is 1. The van der Waals surface area contributed by atoms with Crippen molar-refractivity contribution >= 4 is 11.6 Å². The van der Waals surface area contributed by atoms with Crippen molar-refractivity contribution in [3.8, 4) is 0 Å². The van der Waals surface area contributed by atoms with Gasteiger partial charge in [0, 0.05) is 5.02 Å². The largest absolute Gasteiger partial charge is 0.385 e. The lowest BCUT2D eigenvalue weighted by molar-refractivity contribution is 0.134. The smallest absolute Gasteiger partial charge is 0.0929 e. The minimum absolute atomic E-state index is 0.365. The molecule has 0 spiro atoms. The zero-order valence-corrected chi connectivity index (χ0v) is 8.60. The molecule has 2 heteroatoms. The molecule has 0 amide bonds. The van der Waals surface area contributed by atoms with Crippen molar-refractivity contribution in [3.63, 3.8) is 0 Å². The van der Waals surface area contributed by atoms with Gasteiger partial charge in [0.15, 0.2) is 0 Å². The molecule has 1 aliphatic carbocycles. The van der Waals surface area contributed by atoms with Gasteiger partial charge >= 0.3 is 0 Å². The molecule has 0 aromatic heterocycles. The van der Waals surface area contributed by atoms with Crippen LogP contribution in [0.5, 0.6) is 0 Å². The summed E-state index contributed by atoms with van der Waals surface area (Å²) < 4.78 is 0. The first-order valence-electron chi connectivity index (χ1n) is 4.53. The molecule has 0 saturated heterocycles. The van der Waals surface area contributed by atoms with Gasteiger partial charge in [-0.3, -0.25) is 0 Å². The summed E-state index contributed by atoms with van der Waals surface area (Å²) in [5, 5.41) is 10.9. The van der Waals surface area contributed by atoms with E-state index < -0.39 is 5.60 Å². The average molecular weight is 197 g/mol. The number of aliphatic hydroxyl groups is 1. The second kappa shape index (κ2) is 2.73. The number of hydrogen-bond donors (Lipinski definition) is 1. The SMILES string of the molecule is Cc1c(Cl)cccc1C1(O)CC1C. The zero-order valence-electron chi connectivity index (χ0n) is 7.84. The first-order chi connectivity index (χ1) is 6.05. The van der Waals surface area contributed by atoms with E-state index in [9.17, 15) is 5.11 Å². The van der Waals surface area contributed by atoms with Gasteiger partial charge in [-0.1, -0.05) is 30.7 Å². The summed E-state index contributed by atoms with van der Waals surface area (Å²) in [6.07, 6.45) is 0.855. The van der Waals surface area contributed by atoms with E-state index in [2.05, 4.69) is 6.92 Å². The highest BCUT2D eigenvalue weighted by atomic mass is 35.5. The molecule has 1 aromatic carbocycles. The molecule has 1 aliphatic rings. The molecule has 1 nitrogen and oxygen atoms in total. The zero-order chi connectivity index (χ0) is 9.64. The van der Waals surface area contributed by atoms with E-state index in [4.69, 9.17) is 11.6 Å². The van der Waals surface area contributed by atoms with Gasteiger partial charge in [0.1, 0.15) is 0 Å². The Morgan fingerprint density at radius 1 is 1.54 bits per heavy atom. The van der Waals surface area contributed by atoms with Crippen LogP contribution in [0.2, 0.25) is 5.02 Å². The molecule has 2 unspecified atom stereocenters. The van der Waals surface area contributed by atoms with Gasteiger partial charge in [0.05, 0.1) is 5.60 Å². The van der Waals surface area contributed by atoms with Gasteiger partial charge < -0.3 is 5.11 Å². The molecule has 13 heavy (non-hydrogen) atoms. The van der Waals surface area contributed by atoms with Crippen LogP contribution in [0.15, 0.2) is 18.2 Å². The third-order valence-corrected chi connectivity index (χ3v) is 3.42. The normalized spacial score (nSPS) is 31.8. The topological polar surface area (TPSA) is 20.2 Å². The Labute approximate surface area is 83.3 Å². The molecule has 2 atom stereocenters. The first kappa shape index (κ1) is 9.04. The van der Waals surface area contributed by atoms with Crippen LogP contribution in [0.1, 0.15) is 24.5 Å². The van der Waals surface area contributed by atoms with Gasteiger partial charge in [-0.15, -0.1) is 0 Å². The molecule has 1 fully saturated rings. The Morgan fingerprint density at radius 2 is 2.15 bits per heavy atom. The predicted molar refractivity (Wildman–Crippen MR) is 53.9 cm³/mol. The van der Waals surface area contributed by atoms with E-state index >= 15 is 0 Å². The predicted octanol–water partition coefficient (Wildman–Crippen LogP) is 2.88. The molecule has 1 N–H and O–H groups in total. The molecule has 0 heterocycles. The van der Waals surface area contributed by atoms with Crippen LogP contribution in [-0.4, -0.2) is 5.11 Å². The van der Waals surface area contributed by atoms with Crippen molar-refractivity contribution in [1.29, 1.82) is 0 Å². The standard InChI is InChI=1S/C11H13ClO/c1-7-6-11(7,13)9-4-3-5-10(12)8(9)2/h3-5,7,13H,6H2,1-2H3. The van der Waals surface area contributed by atoms with Crippen molar-refractivity contribution < 1.29 is 5.11 Å². The maximum atomic E-state index is 10.1. The highest BCUT2D eigenvalue weighted by Crippen LogP contribution is 2.52. The number of halogens is 1. The lowest BCUT2D eigenvalue weighted by atomic mass is 10.0. The highest BCUT2D eigenvalue weighted by Gasteiger charge is 2.51. The van der Waals surface area contributed by atoms with Crippen LogP contribution in [0.25, 0.3) is 0 Å². The monoisotopic (exact) mass is 196 g/mol. The minimum atomic E-state index is -0.602. The van der Waals surface area contributed by atoms with E-state index in [1.54, 1.807) is 0 Å². The van der Waals surface area contributed by atoms with E-state index in [0.717, 1.165) is 22.6 Å². The molecule has 2 rings (SSSR count). The molecular weight excluding hydrogens is 184 g/mol. The fourth-order valence-corrected chi connectivity index (χ4v) is 2.03. The van der Waals surface area contributed by atoms with Crippen LogP contribution >= 0.6 is 11.6 Å². The van der Waals surface area contributed by atoms with Crippen LogP contribution in [0, 0.1) is 12.8 Å². The Bertz CT molecular complexity index is 348. The molecule has 1 saturated carbocycles. The lowest BCUT2D eigenvalue weighted by Gasteiger charge is -2.13. The minimum Gasteiger partial charge on any atom is -0.385 e. The average Bonchev–Trinajstić information content (AvgIpc) is 2.67. The molecule has 70 valence electrons. The summed E-state index contributed by atoms with van der Waals surface area (Å²) in [7, 11) is 0. The van der Waals surface area contributed by atoms with Gasteiger partial charge in [-0.2, -0.15) is 0 Å². The Hall–Kier alpha value is -0.530. The lowest BCUT2D eigenvalue weighted by Crippen LogP contribution is -2.09. The van der Waals surface area contributed by atoms with E-state index in [-0.39, 0.29) is 0 Å². The first-order valence-corrected chi connectivity index (χ1v) is 4.91. The van der Waals surface area contributed by atoms with Crippen molar-refractivity contribution in [3.05, 3.63) is 34.3 Å². The van der Waals surface area contributed by atoms with E-state index in [0.29, 0.717) is 5.92 Å². The summed E-state index contributed by atoms with van der Waals surface area (Å²) >= 11 is 5.98. The maximum absolute atomic E-state index is 10.1.